The van der Waals surface area contributed by atoms with Crippen molar-refractivity contribution in [2.75, 3.05) is 73.9 Å². The second-order valence-electron chi connectivity index (χ2n) is 6.77. The van der Waals surface area contributed by atoms with Gasteiger partial charge in [0.2, 0.25) is 0 Å². The predicted molar refractivity (Wildman–Crippen MR) is 131 cm³/mol. The molecule has 1 aliphatic rings. The zero-order chi connectivity index (χ0) is 20.9. The number of nitrogens with one attached hydrogen (secondary N) is 2. The number of morpholine rings is 1. The molecule has 1 aliphatic heterocycles. The summed E-state index contributed by atoms with van der Waals surface area (Å²) in [7, 11) is 5.03. The van der Waals surface area contributed by atoms with Gasteiger partial charge in [-0.15, -0.1) is 24.0 Å². The van der Waals surface area contributed by atoms with Gasteiger partial charge in [-0.2, -0.15) is 0 Å². The minimum absolute atomic E-state index is 0. The lowest BCUT2D eigenvalue weighted by Crippen LogP contribution is -2.42. The van der Waals surface area contributed by atoms with Gasteiger partial charge in [0, 0.05) is 39.9 Å². The van der Waals surface area contributed by atoms with Gasteiger partial charge in [0.25, 0.3) is 0 Å². The maximum Gasteiger partial charge on any atom is 0.191 e. The largest absolute Gasteiger partial charge is 0.493 e. The van der Waals surface area contributed by atoms with Crippen LogP contribution in [0.25, 0.3) is 0 Å². The van der Waals surface area contributed by atoms with Crippen LogP contribution in [0.5, 0.6) is 11.5 Å². The normalized spacial score (nSPS) is 15.8. The van der Waals surface area contributed by atoms with Gasteiger partial charge in [-0.05, 0) is 31.0 Å². The highest BCUT2D eigenvalue weighted by Gasteiger charge is 2.24. The van der Waals surface area contributed by atoms with E-state index in [0.29, 0.717) is 6.54 Å². The summed E-state index contributed by atoms with van der Waals surface area (Å²) in [5.41, 5.74) is 1.16. The Morgan fingerprint density at radius 2 is 1.87 bits per heavy atom. The van der Waals surface area contributed by atoms with Crippen molar-refractivity contribution in [3.8, 4) is 11.5 Å². The molecule has 172 valence electrons. The van der Waals surface area contributed by atoms with Gasteiger partial charge in [-0.3, -0.25) is 9.89 Å². The fraction of sp³-hybridized carbons (Fsp3) is 0.667. The van der Waals surface area contributed by atoms with E-state index < -0.39 is 0 Å². The highest BCUT2D eigenvalue weighted by Crippen LogP contribution is 2.32. The molecule has 8 nitrogen and oxygen atoms in total. The van der Waals surface area contributed by atoms with Gasteiger partial charge in [-0.1, -0.05) is 6.07 Å². The Bertz CT molecular complexity index is 627. The SMILES string of the molecule is CCNC(=NCC(c1ccc(OC)c(OC)c1)N1CCOCC1)NCCCOC.I. The van der Waals surface area contributed by atoms with Crippen molar-refractivity contribution in [2.24, 2.45) is 4.99 Å². The number of hydrogen-bond donors (Lipinski definition) is 2. The molecule has 0 amide bonds. The Kier molecular flexibility index (Phi) is 13.8. The molecule has 2 N–H and O–H groups in total. The summed E-state index contributed by atoms with van der Waals surface area (Å²) >= 11 is 0. The van der Waals surface area contributed by atoms with E-state index in [1.165, 1.54) is 0 Å². The molecular weight excluding hydrogens is 499 g/mol. The van der Waals surface area contributed by atoms with Crippen molar-refractivity contribution in [1.82, 2.24) is 15.5 Å². The number of nitrogens with zero attached hydrogens (tertiary/aromatic N) is 2. The van der Waals surface area contributed by atoms with Crippen molar-refractivity contribution in [3.63, 3.8) is 0 Å². The van der Waals surface area contributed by atoms with Crippen LogP contribution in [-0.4, -0.2) is 84.7 Å². The lowest BCUT2D eigenvalue weighted by Gasteiger charge is -2.34. The van der Waals surface area contributed by atoms with Crippen LogP contribution in [-0.2, 0) is 9.47 Å². The molecule has 30 heavy (non-hydrogen) atoms. The van der Waals surface area contributed by atoms with Gasteiger partial charge < -0.3 is 29.6 Å². The van der Waals surface area contributed by atoms with Gasteiger partial charge in [-0.25, -0.2) is 0 Å². The van der Waals surface area contributed by atoms with Crippen LogP contribution in [0.3, 0.4) is 0 Å². The molecule has 0 radical (unpaired) electrons. The second-order valence-corrected chi connectivity index (χ2v) is 6.77. The molecule has 1 saturated heterocycles. The fourth-order valence-electron chi connectivity index (χ4n) is 3.32. The number of halogens is 1. The molecule has 0 saturated carbocycles. The number of benzene rings is 1. The molecule has 1 unspecified atom stereocenters. The van der Waals surface area contributed by atoms with E-state index in [4.69, 9.17) is 23.9 Å². The summed E-state index contributed by atoms with van der Waals surface area (Å²) in [6.07, 6.45) is 0.934. The molecule has 9 heteroatoms. The number of rotatable bonds is 11. The fourth-order valence-corrected chi connectivity index (χ4v) is 3.32. The van der Waals surface area contributed by atoms with Crippen molar-refractivity contribution in [2.45, 2.75) is 19.4 Å². The first kappa shape index (κ1) is 26.7. The molecule has 0 bridgehead atoms. The quantitative estimate of drug-likeness (QED) is 0.195. The number of ether oxygens (including phenoxy) is 4. The van der Waals surface area contributed by atoms with Crippen molar-refractivity contribution in [3.05, 3.63) is 23.8 Å². The molecule has 1 fully saturated rings. The Labute approximate surface area is 197 Å². The molecule has 1 atom stereocenters. The van der Waals surface area contributed by atoms with Crippen LogP contribution in [0.4, 0.5) is 0 Å². The van der Waals surface area contributed by atoms with Crippen LogP contribution in [0.1, 0.15) is 24.9 Å². The highest BCUT2D eigenvalue weighted by atomic mass is 127. The first-order valence-electron chi connectivity index (χ1n) is 10.3. The Balaban J connectivity index is 0.00000450. The topological polar surface area (TPSA) is 76.6 Å². The van der Waals surface area contributed by atoms with E-state index >= 15 is 0 Å². The van der Waals surface area contributed by atoms with Crippen molar-refractivity contribution < 1.29 is 18.9 Å². The molecule has 1 aromatic rings. The lowest BCUT2D eigenvalue weighted by molar-refractivity contribution is 0.0179. The van der Waals surface area contributed by atoms with Gasteiger partial charge >= 0.3 is 0 Å². The Morgan fingerprint density at radius 1 is 1.13 bits per heavy atom. The van der Waals surface area contributed by atoms with Gasteiger partial charge in [0.1, 0.15) is 0 Å². The number of methoxy groups -OCH3 is 3. The molecule has 0 aromatic heterocycles. The molecule has 0 aliphatic carbocycles. The van der Waals surface area contributed by atoms with E-state index in [1.54, 1.807) is 21.3 Å². The van der Waals surface area contributed by atoms with E-state index in [2.05, 4.69) is 28.5 Å². The third-order valence-electron chi connectivity index (χ3n) is 4.86. The highest BCUT2D eigenvalue weighted by molar-refractivity contribution is 14.0. The summed E-state index contributed by atoms with van der Waals surface area (Å²) in [4.78, 5) is 7.28. The standard InChI is InChI=1S/C21H36N4O4.HI/c1-5-22-21(23-9-6-12-26-2)24-16-18(25-10-13-29-14-11-25)17-7-8-19(27-3)20(15-17)28-4;/h7-8,15,18H,5-6,9-14,16H2,1-4H3,(H2,22,23,24);1H. The lowest BCUT2D eigenvalue weighted by atomic mass is 10.0. The number of aliphatic imine (C=N–C) groups is 1. The molecule has 2 rings (SSSR count). The third kappa shape index (κ3) is 8.44. The van der Waals surface area contributed by atoms with Gasteiger partial charge in [0.15, 0.2) is 17.5 Å². The number of guanidine groups is 1. The summed E-state index contributed by atoms with van der Waals surface area (Å²) < 4.78 is 21.6. The summed E-state index contributed by atoms with van der Waals surface area (Å²) in [5, 5.41) is 6.70. The third-order valence-corrected chi connectivity index (χ3v) is 4.86. The average Bonchev–Trinajstić information content (AvgIpc) is 2.77. The molecular formula is C21H37IN4O4. The maximum atomic E-state index is 5.55. The van der Waals surface area contributed by atoms with E-state index in [-0.39, 0.29) is 30.0 Å². The Hall–Kier alpha value is -1.30. The number of hydrogen-bond acceptors (Lipinski definition) is 6. The summed E-state index contributed by atoms with van der Waals surface area (Å²) in [6.45, 7) is 8.31. The van der Waals surface area contributed by atoms with Crippen LogP contribution < -0.4 is 20.1 Å². The average molecular weight is 536 g/mol. The summed E-state index contributed by atoms with van der Waals surface area (Å²) in [5.74, 6) is 2.29. The first-order valence-corrected chi connectivity index (χ1v) is 10.3. The van der Waals surface area contributed by atoms with Crippen molar-refractivity contribution >= 4 is 29.9 Å². The van der Waals surface area contributed by atoms with Crippen LogP contribution >= 0.6 is 24.0 Å². The van der Waals surface area contributed by atoms with Gasteiger partial charge in [0.05, 0.1) is 40.0 Å². The van der Waals surface area contributed by atoms with Crippen LogP contribution in [0.15, 0.2) is 23.2 Å². The predicted octanol–water partition coefficient (Wildman–Crippen LogP) is 2.29. The monoisotopic (exact) mass is 536 g/mol. The van der Waals surface area contributed by atoms with E-state index in [1.807, 2.05) is 12.1 Å². The second kappa shape index (κ2) is 15.5. The summed E-state index contributed by atoms with van der Waals surface area (Å²) in [6, 6.07) is 6.23. The van der Waals surface area contributed by atoms with E-state index in [9.17, 15) is 0 Å². The zero-order valence-corrected chi connectivity index (χ0v) is 20.9. The zero-order valence-electron chi connectivity index (χ0n) is 18.6. The Morgan fingerprint density at radius 3 is 2.50 bits per heavy atom. The van der Waals surface area contributed by atoms with Crippen LogP contribution in [0.2, 0.25) is 0 Å². The molecule has 1 heterocycles. The maximum absolute atomic E-state index is 5.55. The van der Waals surface area contributed by atoms with E-state index in [0.717, 1.165) is 75.4 Å². The van der Waals surface area contributed by atoms with Crippen molar-refractivity contribution in [1.29, 1.82) is 0 Å². The molecule has 1 aromatic carbocycles. The minimum atomic E-state index is 0. The van der Waals surface area contributed by atoms with Crippen LogP contribution in [0, 0.1) is 0 Å². The molecule has 0 spiro atoms. The minimum Gasteiger partial charge on any atom is -0.493 e. The first-order chi connectivity index (χ1) is 14.2. The smallest absolute Gasteiger partial charge is 0.191 e.